The molecule has 16 heteroatoms. The van der Waals surface area contributed by atoms with Crippen LogP contribution in [0.1, 0.15) is 49.5 Å². The molecule has 268 valence electrons. The molecule has 4 rings (SSSR count). The van der Waals surface area contributed by atoms with E-state index in [9.17, 15) is 33.1 Å². The number of amides is 2. The Kier molecular flexibility index (Phi) is 12.9. The molecule has 0 bridgehead atoms. The first kappa shape index (κ1) is 37.3. The van der Waals surface area contributed by atoms with Crippen LogP contribution in [0.4, 0.5) is 13.6 Å². The summed E-state index contributed by atoms with van der Waals surface area (Å²) >= 11 is 0. The number of rotatable bonds is 14. The van der Waals surface area contributed by atoms with Gasteiger partial charge in [0.25, 0.3) is 5.91 Å². The predicted molar refractivity (Wildman–Crippen MR) is 170 cm³/mol. The minimum Gasteiger partial charge on any atom is -0.493 e. The number of methoxy groups -OCH3 is 4. The molecule has 0 radical (unpaired) electrons. The summed E-state index contributed by atoms with van der Waals surface area (Å²) < 4.78 is 65.5. The largest absolute Gasteiger partial charge is 0.493 e. The van der Waals surface area contributed by atoms with Gasteiger partial charge in [0.05, 0.1) is 25.8 Å². The van der Waals surface area contributed by atoms with Crippen LogP contribution in [-0.4, -0.2) is 101 Å². The molecule has 50 heavy (non-hydrogen) atoms. The average molecular weight is 703 g/mol. The monoisotopic (exact) mass is 702 g/mol. The SMILES string of the molecule is COCOc1cc(F)cc(F)c1C(=O)c1ccc(C(=O)O[C@@H]2CCCN(C(=O)O)C[C@H]2NC(=O)c2cc(OC)c(OCOC)c(OC)c2)cc1. The lowest BCUT2D eigenvalue weighted by Gasteiger charge is -2.28. The minimum absolute atomic E-state index is 0.0162. The Morgan fingerprint density at radius 2 is 1.46 bits per heavy atom. The van der Waals surface area contributed by atoms with E-state index in [-0.39, 0.29) is 72.8 Å². The van der Waals surface area contributed by atoms with Crippen molar-refractivity contribution in [1.82, 2.24) is 10.2 Å². The highest BCUT2D eigenvalue weighted by atomic mass is 19.1. The zero-order valence-electron chi connectivity index (χ0n) is 27.7. The van der Waals surface area contributed by atoms with Crippen molar-refractivity contribution in [2.24, 2.45) is 0 Å². The zero-order valence-corrected chi connectivity index (χ0v) is 27.7. The van der Waals surface area contributed by atoms with Gasteiger partial charge in [0.1, 0.15) is 29.1 Å². The fraction of sp³-hybridized carbons (Fsp3) is 0.353. The third-order valence-electron chi connectivity index (χ3n) is 7.63. The second-order valence-electron chi connectivity index (χ2n) is 10.9. The first-order valence-electron chi connectivity index (χ1n) is 15.1. The maximum Gasteiger partial charge on any atom is 0.407 e. The van der Waals surface area contributed by atoms with Crippen molar-refractivity contribution in [3.63, 3.8) is 0 Å². The molecule has 2 amide bonds. The van der Waals surface area contributed by atoms with Gasteiger partial charge in [-0.05, 0) is 37.1 Å². The maximum absolute atomic E-state index is 14.7. The van der Waals surface area contributed by atoms with Gasteiger partial charge in [0.15, 0.2) is 30.9 Å². The fourth-order valence-electron chi connectivity index (χ4n) is 5.22. The maximum atomic E-state index is 14.7. The number of ketones is 1. The number of carbonyl (C=O) groups is 4. The number of carboxylic acid groups (broad SMARTS) is 1. The van der Waals surface area contributed by atoms with Gasteiger partial charge in [-0.2, -0.15) is 0 Å². The van der Waals surface area contributed by atoms with Gasteiger partial charge in [-0.1, -0.05) is 12.1 Å². The molecule has 3 aromatic rings. The molecular formula is C34H36F2N2O12. The second-order valence-corrected chi connectivity index (χ2v) is 10.9. The highest BCUT2D eigenvalue weighted by Gasteiger charge is 2.34. The van der Waals surface area contributed by atoms with Crippen molar-refractivity contribution in [1.29, 1.82) is 0 Å². The van der Waals surface area contributed by atoms with Crippen LogP contribution < -0.4 is 24.3 Å². The number of carbonyl (C=O) groups excluding carboxylic acids is 3. The van der Waals surface area contributed by atoms with E-state index in [1.54, 1.807) is 0 Å². The van der Waals surface area contributed by atoms with E-state index in [0.717, 1.165) is 11.0 Å². The van der Waals surface area contributed by atoms with Crippen LogP contribution in [0.3, 0.4) is 0 Å². The smallest absolute Gasteiger partial charge is 0.407 e. The molecule has 2 atom stereocenters. The predicted octanol–water partition coefficient (Wildman–Crippen LogP) is 4.28. The van der Waals surface area contributed by atoms with Gasteiger partial charge in [0.2, 0.25) is 5.75 Å². The molecule has 0 aliphatic carbocycles. The van der Waals surface area contributed by atoms with Crippen LogP contribution >= 0.6 is 0 Å². The summed E-state index contributed by atoms with van der Waals surface area (Å²) in [7, 11) is 5.48. The Bertz CT molecular complexity index is 1680. The summed E-state index contributed by atoms with van der Waals surface area (Å²) in [6.45, 7) is -0.531. The molecule has 2 N–H and O–H groups in total. The number of nitrogens with zero attached hydrogens (tertiary/aromatic N) is 1. The minimum atomic E-state index is -1.21. The summed E-state index contributed by atoms with van der Waals surface area (Å²) in [6, 6.07) is 8.34. The Labute approximate surface area is 285 Å². The van der Waals surface area contributed by atoms with Crippen molar-refractivity contribution < 1.29 is 66.2 Å². The Hall–Kier alpha value is -5.48. The normalized spacial score (nSPS) is 15.8. The number of benzene rings is 3. The first-order chi connectivity index (χ1) is 24.0. The molecule has 0 aromatic heterocycles. The quantitative estimate of drug-likeness (QED) is 0.139. The number of hydrogen-bond acceptors (Lipinski definition) is 11. The van der Waals surface area contributed by atoms with Crippen LogP contribution in [-0.2, 0) is 14.2 Å². The lowest BCUT2D eigenvalue weighted by Crippen LogP contribution is -2.51. The van der Waals surface area contributed by atoms with Crippen LogP contribution in [0, 0.1) is 11.6 Å². The lowest BCUT2D eigenvalue weighted by molar-refractivity contribution is 0.0178. The van der Waals surface area contributed by atoms with Crippen molar-refractivity contribution in [2.75, 3.05) is 55.1 Å². The van der Waals surface area contributed by atoms with Gasteiger partial charge in [0, 0.05) is 50.6 Å². The van der Waals surface area contributed by atoms with Crippen LogP contribution in [0.15, 0.2) is 48.5 Å². The number of halogens is 2. The summed E-state index contributed by atoms with van der Waals surface area (Å²) in [6.07, 6.45) is -1.64. The molecule has 0 spiro atoms. The molecule has 1 heterocycles. The van der Waals surface area contributed by atoms with E-state index < -0.39 is 53.1 Å². The average Bonchev–Trinajstić information content (AvgIpc) is 3.30. The summed E-state index contributed by atoms with van der Waals surface area (Å²) in [4.78, 5) is 53.0. The van der Waals surface area contributed by atoms with Crippen LogP contribution in [0.5, 0.6) is 23.0 Å². The van der Waals surface area contributed by atoms with Crippen LogP contribution in [0.2, 0.25) is 0 Å². The molecule has 1 fully saturated rings. The molecule has 14 nitrogen and oxygen atoms in total. The number of likely N-dealkylation sites (tertiary alicyclic amines) is 1. The van der Waals surface area contributed by atoms with Crippen molar-refractivity contribution in [3.05, 3.63) is 82.4 Å². The van der Waals surface area contributed by atoms with E-state index in [2.05, 4.69) is 5.32 Å². The highest BCUT2D eigenvalue weighted by Crippen LogP contribution is 2.38. The molecular weight excluding hydrogens is 666 g/mol. The Morgan fingerprint density at radius 3 is 2.06 bits per heavy atom. The fourth-order valence-corrected chi connectivity index (χ4v) is 5.22. The first-order valence-corrected chi connectivity index (χ1v) is 15.1. The van der Waals surface area contributed by atoms with Crippen molar-refractivity contribution in [2.45, 2.75) is 25.0 Å². The summed E-state index contributed by atoms with van der Waals surface area (Å²) in [5.41, 5.74) is -0.447. The molecule has 1 saturated heterocycles. The number of hydrogen-bond donors (Lipinski definition) is 2. The van der Waals surface area contributed by atoms with Crippen molar-refractivity contribution >= 4 is 23.8 Å². The standard InChI is InChI=1S/C34H36F2N2O12/c1-44-17-48-26-15-22(35)14-23(36)29(26)30(39)19-7-9-20(10-8-19)33(41)50-25-6-5-11-38(34(42)43)16-24(25)37-32(40)21-12-27(46-3)31(49-18-45-2)28(13-21)47-4/h7-10,12-15,24-25H,5-6,11,16-18H2,1-4H3,(H,37,40)(H,42,43)/t24-,25-/m1/s1. The van der Waals surface area contributed by atoms with E-state index in [1.807, 2.05) is 0 Å². The van der Waals surface area contributed by atoms with Crippen molar-refractivity contribution in [3.8, 4) is 23.0 Å². The van der Waals surface area contributed by atoms with Crippen LogP contribution in [0.25, 0.3) is 0 Å². The summed E-state index contributed by atoms with van der Waals surface area (Å²) in [5.74, 6) is -4.21. The van der Waals surface area contributed by atoms with Gasteiger partial charge < -0.3 is 48.5 Å². The van der Waals surface area contributed by atoms with E-state index in [4.69, 9.17) is 33.2 Å². The molecule has 1 aliphatic rings. The van der Waals surface area contributed by atoms with E-state index >= 15 is 0 Å². The molecule has 1 aliphatic heterocycles. The Balaban J connectivity index is 1.55. The Morgan fingerprint density at radius 1 is 0.840 bits per heavy atom. The number of esters is 1. The zero-order chi connectivity index (χ0) is 36.4. The van der Waals surface area contributed by atoms with Gasteiger partial charge in [-0.3, -0.25) is 9.59 Å². The third kappa shape index (κ3) is 8.95. The molecule has 3 aromatic carbocycles. The number of nitrogens with one attached hydrogen (secondary N) is 1. The topological polar surface area (TPSA) is 168 Å². The van der Waals surface area contributed by atoms with E-state index in [1.165, 1.54) is 64.8 Å². The second kappa shape index (κ2) is 17.3. The molecule has 0 unspecified atom stereocenters. The third-order valence-corrected chi connectivity index (χ3v) is 7.63. The van der Waals surface area contributed by atoms with E-state index in [0.29, 0.717) is 12.5 Å². The van der Waals surface area contributed by atoms with Gasteiger partial charge >= 0.3 is 12.1 Å². The van der Waals surface area contributed by atoms with Gasteiger partial charge in [-0.25, -0.2) is 18.4 Å². The number of ether oxygens (including phenoxy) is 7. The molecule has 0 saturated carbocycles. The van der Waals surface area contributed by atoms with Gasteiger partial charge in [-0.15, -0.1) is 0 Å². The lowest BCUT2D eigenvalue weighted by atomic mass is 10.0. The summed E-state index contributed by atoms with van der Waals surface area (Å²) in [5, 5.41) is 12.5. The highest BCUT2D eigenvalue weighted by molar-refractivity contribution is 6.11.